The average molecular weight is 629 g/mol. The second-order valence-electron chi connectivity index (χ2n) is 12.4. The van der Waals surface area contributed by atoms with Gasteiger partial charge in [-0.05, 0) is 98.4 Å². The molecule has 0 aliphatic heterocycles. The van der Waals surface area contributed by atoms with Gasteiger partial charge in [-0.25, -0.2) is 4.98 Å². The summed E-state index contributed by atoms with van der Waals surface area (Å²) < 4.78 is 1.24. The number of anilines is 3. The molecule has 0 fully saturated rings. The van der Waals surface area contributed by atoms with Gasteiger partial charge in [0.15, 0.2) is 0 Å². The lowest BCUT2D eigenvalue weighted by atomic mass is 9.98. The third kappa shape index (κ3) is 4.22. The molecular weight excluding hydrogens is 601 g/mol. The predicted molar refractivity (Wildman–Crippen MR) is 205 cm³/mol. The Morgan fingerprint density at radius 2 is 1.06 bits per heavy atom. The van der Waals surface area contributed by atoms with Crippen molar-refractivity contribution in [2.75, 3.05) is 4.90 Å². The maximum Gasteiger partial charge on any atom is 0.124 e. The Hall–Kier alpha value is -6.03. The van der Waals surface area contributed by atoms with Crippen LogP contribution in [0.1, 0.15) is 0 Å². The van der Waals surface area contributed by atoms with Gasteiger partial charge in [-0.2, -0.15) is 0 Å². The summed E-state index contributed by atoms with van der Waals surface area (Å²) in [5, 5.41) is 5.03. The minimum atomic E-state index is 1.07. The van der Waals surface area contributed by atoms with E-state index < -0.39 is 0 Å². The monoisotopic (exact) mass is 628 g/mol. The minimum absolute atomic E-state index is 1.07. The second kappa shape index (κ2) is 10.8. The lowest BCUT2D eigenvalue weighted by molar-refractivity contribution is 1.31. The number of rotatable bonds is 5. The van der Waals surface area contributed by atoms with Crippen LogP contribution in [0, 0.1) is 0 Å². The number of benzene rings is 7. The molecule has 9 aromatic rings. The van der Waals surface area contributed by atoms with Crippen LogP contribution >= 0.6 is 11.3 Å². The molecule has 1 aliphatic carbocycles. The van der Waals surface area contributed by atoms with E-state index in [1.807, 2.05) is 12.3 Å². The largest absolute Gasteiger partial charge is 0.310 e. The fourth-order valence-corrected chi connectivity index (χ4v) is 8.54. The third-order valence-electron chi connectivity index (χ3n) is 9.69. The fourth-order valence-electron chi connectivity index (χ4n) is 7.47. The summed E-state index contributed by atoms with van der Waals surface area (Å²) in [6, 6.07) is 59.6. The van der Waals surface area contributed by atoms with Crippen LogP contribution in [-0.2, 0) is 0 Å². The predicted octanol–water partition coefficient (Wildman–Crippen LogP) is 13.1. The van der Waals surface area contributed by atoms with Crippen LogP contribution in [0.15, 0.2) is 170 Å². The van der Waals surface area contributed by atoms with Gasteiger partial charge in [-0.1, -0.05) is 115 Å². The van der Waals surface area contributed by atoms with Gasteiger partial charge in [0, 0.05) is 38.4 Å². The van der Waals surface area contributed by atoms with Crippen LogP contribution in [0.4, 0.5) is 17.1 Å². The van der Waals surface area contributed by atoms with Gasteiger partial charge in [0.25, 0.3) is 0 Å². The van der Waals surface area contributed by atoms with Gasteiger partial charge in [-0.3, -0.25) is 0 Å². The van der Waals surface area contributed by atoms with Crippen LogP contribution in [0.5, 0.6) is 0 Å². The van der Waals surface area contributed by atoms with Crippen molar-refractivity contribution in [1.82, 2.24) is 4.98 Å². The maximum absolute atomic E-state index is 4.67. The Morgan fingerprint density at radius 1 is 0.417 bits per heavy atom. The van der Waals surface area contributed by atoms with E-state index in [0.717, 1.165) is 16.2 Å². The van der Waals surface area contributed by atoms with Crippen molar-refractivity contribution in [3.8, 4) is 44.5 Å². The van der Waals surface area contributed by atoms with Gasteiger partial charge >= 0.3 is 0 Å². The van der Waals surface area contributed by atoms with Crippen LogP contribution < -0.4 is 4.90 Å². The molecule has 3 heteroatoms. The SMILES string of the molecule is c1ccc(-c2cccc(-c3ccc(N(c4ccc5c(c4)sc4ncccc45)c4ccc5c6c(cccc46)-c4ccccc4-5)cc3)c2)cc1. The molecule has 2 aromatic heterocycles. The number of thiophene rings is 1. The Balaban J connectivity index is 1.14. The standard InChI is InChI=1S/C45H28N2S/c1-2-9-29(10-3-1)31-11-6-12-32(27-31)30-18-20-33(21-19-30)47(34-22-23-37-40-17-8-26-46-45(40)48-43(37)28-34)42-25-24-39-36-14-5-4-13-35(36)38-15-7-16-41(42)44(38)39/h1-28H. The summed E-state index contributed by atoms with van der Waals surface area (Å²) in [6.45, 7) is 0. The van der Waals surface area contributed by atoms with Gasteiger partial charge in [-0.15, -0.1) is 11.3 Å². The van der Waals surface area contributed by atoms with Crippen molar-refractivity contribution >= 4 is 59.5 Å². The fraction of sp³-hybridized carbons (Fsp3) is 0. The zero-order valence-electron chi connectivity index (χ0n) is 26.0. The first-order valence-corrected chi connectivity index (χ1v) is 17.1. The van der Waals surface area contributed by atoms with Crippen molar-refractivity contribution < 1.29 is 0 Å². The van der Waals surface area contributed by atoms with Crippen LogP contribution in [0.2, 0.25) is 0 Å². The Morgan fingerprint density at radius 3 is 1.88 bits per heavy atom. The molecule has 2 nitrogen and oxygen atoms in total. The number of nitrogens with zero attached hydrogens (tertiary/aromatic N) is 2. The van der Waals surface area contributed by atoms with Gasteiger partial charge < -0.3 is 4.90 Å². The van der Waals surface area contributed by atoms with E-state index in [4.69, 9.17) is 0 Å². The minimum Gasteiger partial charge on any atom is -0.310 e. The van der Waals surface area contributed by atoms with Gasteiger partial charge in [0.1, 0.15) is 4.83 Å². The topological polar surface area (TPSA) is 16.1 Å². The van der Waals surface area contributed by atoms with Crippen molar-refractivity contribution in [2.45, 2.75) is 0 Å². The van der Waals surface area contributed by atoms with E-state index in [9.17, 15) is 0 Å². The molecule has 10 rings (SSSR count). The van der Waals surface area contributed by atoms with Gasteiger partial charge in [0.2, 0.25) is 0 Å². The summed E-state index contributed by atoms with van der Waals surface area (Å²) in [5.74, 6) is 0. The van der Waals surface area contributed by atoms with Crippen molar-refractivity contribution in [3.63, 3.8) is 0 Å². The molecule has 0 amide bonds. The first-order valence-electron chi connectivity index (χ1n) is 16.3. The highest BCUT2D eigenvalue weighted by Gasteiger charge is 2.25. The number of pyridine rings is 1. The molecule has 7 aromatic carbocycles. The lowest BCUT2D eigenvalue weighted by Crippen LogP contribution is -2.10. The molecule has 0 saturated carbocycles. The molecule has 0 spiro atoms. The summed E-state index contributed by atoms with van der Waals surface area (Å²) in [5.41, 5.74) is 13.5. The normalized spacial score (nSPS) is 11.8. The van der Waals surface area contributed by atoms with E-state index in [1.54, 1.807) is 11.3 Å². The molecule has 0 bridgehead atoms. The molecule has 224 valence electrons. The molecular formula is C45H28N2S. The van der Waals surface area contributed by atoms with Crippen LogP contribution in [-0.4, -0.2) is 4.98 Å². The molecule has 0 unspecified atom stereocenters. The number of hydrogen-bond donors (Lipinski definition) is 0. The molecule has 0 radical (unpaired) electrons. The zero-order valence-corrected chi connectivity index (χ0v) is 26.8. The Bertz CT molecular complexity index is 2640. The van der Waals surface area contributed by atoms with Crippen molar-refractivity contribution in [3.05, 3.63) is 170 Å². The summed E-state index contributed by atoms with van der Waals surface area (Å²) >= 11 is 1.76. The van der Waals surface area contributed by atoms with E-state index in [2.05, 4.69) is 168 Å². The number of hydrogen-bond acceptors (Lipinski definition) is 3. The first kappa shape index (κ1) is 27.1. The smallest absolute Gasteiger partial charge is 0.124 e. The summed E-state index contributed by atoms with van der Waals surface area (Å²) in [7, 11) is 0. The molecule has 0 saturated heterocycles. The molecule has 48 heavy (non-hydrogen) atoms. The first-order chi connectivity index (χ1) is 23.8. The summed E-state index contributed by atoms with van der Waals surface area (Å²) in [6.07, 6.45) is 1.88. The van der Waals surface area contributed by atoms with Crippen LogP contribution in [0.25, 0.3) is 75.6 Å². The highest BCUT2D eigenvalue weighted by atomic mass is 32.1. The third-order valence-corrected chi connectivity index (χ3v) is 10.8. The summed E-state index contributed by atoms with van der Waals surface area (Å²) in [4.78, 5) is 8.16. The zero-order chi connectivity index (χ0) is 31.6. The van der Waals surface area contributed by atoms with Crippen LogP contribution in [0.3, 0.4) is 0 Å². The van der Waals surface area contributed by atoms with E-state index >= 15 is 0 Å². The average Bonchev–Trinajstić information content (AvgIpc) is 3.69. The van der Waals surface area contributed by atoms with E-state index in [0.29, 0.717) is 0 Å². The molecule has 0 atom stereocenters. The quantitative estimate of drug-likeness (QED) is 0.188. The molecule has 1 aliphatic rings. The highest BCUT2D eigenvalue weighted by Crippen LogP contribution is 2.51. The molecule has 0 N–H and O–H groups in total. The van der Waals surface area contributed by atoms with E-state index in [-0.39, 0.29) is 0 Å². The van der Waals surface area contributed by atoms with E-state index in [1.165, 1.54) is 76.4 Å². The number of fused-ring (bicyclic) bond motifs is 6. The van der Waals surface area contributed by atoms with Gasteiger partial charge in [0.05, 0.1) is 5.69 Å². The van der Waals surface area contributed by atoms with Crippen molar-refractivity contribution in [1.29, 1.82) is 0 Å². The Kier molecular flexibility index (Phi) is 6.08. The second-order valence-corrected chi connectivity index (χ2v) is 13.4. The maximum atomic E-state index is 4.67. The molecule has 2 heterocycles. The highest BCUT2D eigenvalue weighted by molar-refractivity contribution is 7.25. The lowest BCUT2D eigenvalue weighted by Gasteiger charge is -2.27. The number of aromatic nitrogens is 1. The van der Waals surface area contributed by atoms with Crippen molar-refractivity contribution in [2.24, 2.45) is 0 Å². The Labute approximate surface area is 282 Å².